The minimum absolute atomic E-state index is 0.165. The minimum atomic E-state index is -0.427. The lowest BCUT2D eigenvalue weighted by Gasteiger charge is -2.16. The van der Waals surface area contributed by atoms with Crippen LogP contribution in [0, 0.1) is 0 Å². The van der Waals surface area contributed by atoms with E-state index in [0.717, 1.165) is 0 Å². The largest absolute Gasteiger partial charge is 0.489 e. The quantitative estimate of drug-likeness (QED) is 0.856. The van der Waals surface area contributed by atoms with E-state index >= 15 is 0 Å². The lowest BCUT2D eigenvalue weighted by molar-refractivity contribution is 0.171. The van der Waals surface area contributed by atoms with E-state index in [4.69, 9.17) is 9.26 Å². The maximum absolute atomic E-state index is 12.5. The van der Waals surface area contributed by atoms with Crippen molar-refractivity contribution in [1.29, 1.82) is 0 Å². The lowest BCUT2D eigenvalue weighted by Crippen LogP contribution is -2.30. The summed E-state index contributed by atoms with van der Waals surface area (Å²) in [7, 11) is 0. The van der Waals surface area contributed by atoms with Gasteiger partial charge < -0.3 is 9.26 Å². The van der Waals surface area contributed by atoms with Crippen molar-refractivity contribution < 1.29 is 13.7 Å². The summed E-state index contributed by atoms with van der Waals surface area (Å²) in [6, 6.07) is 5.02. The summed E-state index contributed by atoms with van der Waals surface area (Å²) in [6.45, 7) is 7.73. The number of ether oxygens (including phenoxy) is 1. The molecule has 21 heavy (non-hydrogen) atoms. The highest BCUT2D eigenvalue weighted by Crippen LogP contribution is 2.22. The summed E-state index contributed by atoms with van der Waals surface area (Å²) in [5, 5.41) is 0.508. The minimum Gasteiger partial charge on any atom is -0.489 e. The number of hydrogen-bond donors (Lipinski definition) is 0. The Morgan fingerprint density at radius 3 is 2.71 bits per heavy atom. The summed E-state index contributed by atoms with van der Waals surface area (Å²) >= 11 is 0. The van der Waals surface area contributed by atoms with Crippen molar-refractivity contribution in [3.8, 4) is 5.75 Å². The highest BCUT2D eigenvalue weighted by Gasteiger charge is 2.21. The van der Waals surface area contributed by atoms with Crippen molar-refractivity contribution in [1.82, 2.24) is 4.74 Å². The predicted octanol–water partition coefficient (Wildman–Crippen LogP) is 3.99. The van der Waals surface area contributed by atoms with Crippen LogP contribution in [0.2, 0.25) is 0 Å². The molecule has 0 saturated heterocycles. The van der Waals surface area contributed by atoms with E-state index in [1.807, 2.05) is 27.7 Å². The van der Waals surface area contributed by atoms with E-state index in [1.54, 1.807) is 18.2 Å². The third-order valence-corrected chi connectivity index (χ3v) is 3.20. The fraction of sp³-hybridized carbons (Fsp3) is 0.438. The van der Waals surface area contributed by atoms with Crippen LogP contribution in [0.25, 0.3) is 11.0 Å². The molecule has 2 rings (SSSR count). The Morgan fingerprint density at radius 1 is 1.43 bits per heavy atom. The van der Waals surface area contributed by atoms with E-state index in [-0.39, 0.29) is 12.2 Å². The summed E-state index contributed by atoms with van der Waals surface area (Å²) in [5.74, 6) is 0.546. The zero-order chi connectivity index (χ0) is 15.6. The highest BCUT2D eigenvalue weighted by molar-refractivity contribution is 5.77. The lowest BCUT2D eigenvalue weighted by atomic mass is 10.1. The van der Waals surface area contributed by atoms with E-state index in [0.29, 0.717) is 35.0 Å². The van der Waals surface area contributed by atoms with Gasteiger partial charge in [-0.2, -0.15) is 4.74 Å². The number of aromatic nitrogens is 1. The Bertz CT molecular complexity index is 719. The average Bonchev–Trinajstić information content (AvgIpc) is 2.77. The van der Waals surface area contributed by atoms with Crippen LogP contribution in [0.4, 0.5) is 4.39 Å². The van der Waals surface area contributed by atoms with Gasteiger partial charge in [-0.3, -0.25) is 4.79 Å². The molecule has 2 aromatic rings. The predicted molar refractivity (Wildman–Crippen MR) is 80.4 cm³/mol. The molecule has 0 bridgehead atoms. The van der Waals surface area contributed by atoms with Crippen molar-refractivity contribution in [3.63, 3.8) is 0 Å². The number of benzene rings is 1. The Labute approximate surface area is 122 Å². The summed E-state index contributed by atoms with van der Waals surface area (Å²) in [4.78, 5) is 12.2. The van der Waals surface area contributed by atoms with Crippen LogP contribution < -0.4 is 10.3 Å². The Hall–Kier alpha value is -2.04. The van der Waals surface area contributed by atoms with Crippen LogP contribution in [-0.2, 0) is 5.54 Å². The van der Waals surface area contributed by atoms with Gasteiger partial charge in [0.05, 0.1) is 17.3 Å². The monoisotopic (exact) mass is 293 g/mol. The van der Waals surface area contributed by atoms with E-state index in [9.17, 15) is 9.18 Å². The Kier molecular flexibility index (Phi) is 4.21. The first kappa shape index (κ1) is 15.4. The molecule has 0 saturated carbocycles. The number of halogens is 1. The molecular formula is C16H20FNO3. The first-order valence-electron chi connectivity index (χ1n) is 6.94. The number of hydrogen-bond acceptors (Lipinski definition) is 3. The smallest absolute Gasteiger partial charge is 0.290 e. The third-order valence-electron chi connectivity index (χ3n) is 3.20. The van der Waals surface area contributed by atoms with Crippen molar-refractivity contribution in [2.75, 3.05) is 6.61 Å². The normalized spacial score (nSPS) is 12.9. The van der Waals surface area contributed by atoms with Crippen LogP contribution in [0.1, 0.15) is 34.1 Å². The number of rotatable bonds is 4. The molecule has 114 valence electrons. The van der Waals surface area contributed by atoms with E-state index in [1.165, 1.54) is 4.74 Å². The molecular weight excluding hydrogens is 273 g/mol. The van der Waals surface area contributed by atoms with Gasteiger partial charge in [0.15, 0.2) is 5.58 Å². The van der Waals surface area contributed by atoms with Crippen molar-refractivity contribution in [2.45, 2.75) is 39.7 Å². The molecule has 4 nitrogen and oxygen atoms in total. The Balaban J connectivity index is 2.33. The second-order valence-corrected chi connectivity index (χ2v) is 5.93. The fourth-order valence-corrected chi connectivity index (χ4v) is 1.92. The van der Waals surface area contributed by atoms with Crippen molar-refractivity contribution in [2.24, 2.45) is 0 Å². The first-order valence-corrected chi connectivity index (χ1v) is 6.94. The molecule has 0 aliphatic carbocycles. The van der Waals surface area contributed by atoms with Crippen LogP contribution >= 0.6 is 0 Å². The maximum atomic E-state index is 12.5. The molecule has 0 N–H and O–H groups in total. The van der Waals surface area contributed by atoms with Crippen molar-refractivity contribution in [3.05, 3.63) is 40.5 Å². The van der Waals surface area contributed by atoms with Gasteiger partial charge >= 0.3 is 0 Å². The standard InChI is InChI=1S/C16H20FNO3/c1-5-11(9-17)10-20-12-6-7-13-14(8-12)21-18(15(13)19)16(2,3)4/h6-9H,5,10H2,1-4H3/b11-9-. The third kappa shape index (κ3) is 3.17. The molecule has 0 atom stereocenters. The Morgan fingerprint density at radius 2 is 2.14 bits per heavy atom. The molecule has 0 aliphatic heterocycles. The van der Waals surface area contributed by atoms with Gasteiger partial charge in [0, 0.05) is 6.07 Å². The molecule has 1 aromatic heterocycles. The summed E-state index contributed by atoms with van der Waals surface area (Å²) in [6.07, 6.45) is 1.16. The molecule has 5 heteroatoms. The van der Waals surface area contributed by atoms with Crippen molar-refractivity contribution >= 4 is 11.0 Å². The number of fused-ring (bicyclic) bond motifs is 1. The van der Waals surface area contributed by atoms with E-state index in [2.05, 4.69) is 0 Å². The van der Waals surface area contributed by atoms with Crippen LogP contribution in [0.15, 0.2) is 39.4 Å². The summed E-state index contributed by atoms with van der Waals surface area (Å²) < 4.78 is 25.0. The van der Waals surface area contributed by atoms with Gasteiger partial charge in [0.1, 0.15) is 12.4 Å². The zero-order valence-corrected chi connectivity index (χ0v) is 12.8. The van der Waals surface area contributed by atoms with Gasteiger partial charge in [-0.1, -0.05) is 6.92 Å². The molecule has 0 fully saturated rings. The SMILES string of the molecule is CC/C(=C/F)COc1ccc2c(=O)n(C(C)(C)C)oc2c1. The average molecular weight is 293 g/mol. The number of nitrogens with zero attached hydrogens (tertiary/aromatic N) is 1. The molecule has 0 spiro atoms. The van der Waals surface area contributed by atoms with Crippen LogP contribution in [0.3, 0.4) is 0 Å². The molecule has 0 aliphatic rings. The maximum Gasteiger partial charge on any atom is 0.290 e. The van der Waals surface area contributed by atoms with Gasteiger partial charge in [-0.05, 0) is 44.9 Å². The van der Waals surface area contributed by atoms with Gasteiger partial charge in [-0.15, -0.1) is 0 Å². The highest BCUT2D eigenvalue weighted by atomic mass is 19.1. The molecule has 0 radical (unpaired) electrons. The topological polar surface area (TPSA) is 44.4 Å². The molecule has 1 aromatic carbocycles. The fourth-order valence-electron chi connectivity index (χ4n) is 1.92. The molecule has 0 unspecified atom stereocenters. The zero-order valence-electron chi connectivity index (χ0n) is 12.8. The van der Waals surface area contributed by atoms with Crippen LogP contribution in [0.5, 0.6) is 5.75 Å². The van der Waals surface area contributed by atoms with Gasteiger partial charge in [0.2, 0.25) is 0 Å². The van der Waals surface area contributed by atoms with E-state index < -0.39 is 5.54 Å². The first-order chi connectivity index (χ1) is 9.86. The van der Waals surface area contributed by atoms with Gasteiger partial charge in [0.25, 0.3) is 5.56 Å². The summed E-state index contributed by atoms with van der Waals surface area (Å²) in [5.41, 5.74) is 0.448. The molecule has 1 heterocycles. The molecule has 0 amide bonds. The van der Waals surface area contributed by atoms with Gasteiger partial charge in [-0.25, -0.2) is 4.39 Å². The second kappa shape index (κ2) is 5.76. The second-order valence-electron chi connectivity index (χ2n) is 5.93. The van der Waals surface area contributed by atoms with Crippen LogP contribution in [-0.4, -0.2) is 11.3 Å².